The molecule has 1 aromatic rings. The Bertz CT molecular complexity index is 759. The van der Waals surface area contributed by atoms with Gasteiger partial charge in [0.1, 0.15) is 18.0 Å². The lowest BCUT2D eigenvalue weighted by Gasteiger charge is -2.56. The molecule has 1 fully saturated rings. The molecule has 0 unspecified atom stereocenters. The minimum absolute atomic E-state index is 0.0410. The van der Waals surface area contributed by atoms with Crippen molar-refractivity contribution in [3.63, 3.8) is 0 Å². The maximum Gasteiger partial charge on any atom is 0.419 e. The molecule has 0 radical (unpaired) electrons. The SMILES string of the molecule is CN1CC[C@]23c4c5ccc(C(F)(F)F)c4O[C@H]2[C@@H](O)C=C[C@H]3[C@H]1C5. The number of halogens is 3. The van der Waals surface area contributed by atoms with Gasteiger partial charge in [-0.25, -0.2) is 0 Å². The molecule has 0 saturated carbocycles. The summed E-state index contributed by atoms with van der Waals surface area (Å²) in [6, 6.07) is 2.99. The highest BCUT2D eigenvalue weighted by molar-refractivity contribution is 5.60. The average molecular weight is 337 g/mol. The maximum absolute atomic E-state index is 13.5. The van der Waals surface area contributed by atoms with E-state index in [0.717, 1.165) is 24.6 Å². The molecule has 2 aliphatic heterocycles. The largest absolute Gasteiger partial charge is 0.485 e. The lowest BCUT2D eigenvalue weighted by atomic mass is 9.53. The normalized spacial score (nSPS) is 39.5. The van der Waals surface area contributed by atoms with Gasteiger partial charge in [-0.15, -0.1) is 0 Å². The van der Waals surface area contributed by atoms with Gasteiger partial charge in [0.15, 0.2) is 0 Å². The van der Waals surface area contributed by atoms with Crippen molar-refractivity contribution < 1.29 is 23.0 Å². The number of rotatable bonds is 0. The predicted octanol–water partition coefficient (Wildman–Crippen LogP) is 2.51. The van der Waals surface area contributed by atoms with Crippen LogP contribution in [0.2, 0.25) is 0 Å². The Balaban J connectivity index is 1.82. The van der Waals surface area contributed by atoms with E-state index >= 15 is 0 Å². The molecule has 5 rings (SSSR count). The Labute approximate surface area is 137 Å². The standard InChI is InChI=1S/C18H18F3NO2/c1-22-7-6-17-10-4-5-13(23)16(17)24-15-11(18(19,20)21)3-2-9(14(15)17)8-12(10)22/h2-5,10,12-13,16,23H,6-8H2,1H3/t10-,12+,13-,16-,17-/m0/s1. The van der Waals surface area contributed by atoms with Crippen LogP contribution in [0.15, 0.2) is 24.3 Å². The molecular weight excluding hydrogens is 319 g/mol. The molecule has 1 spiro atoms. The molecule has 128 valence electrons. The third kappa shape index (κ3) is 1.56. The fourth-order valence-corrected chi connectivity index (χ4v) is 5.48. The summed E-state index contributed by atoms with van der Waals surface area (Å²) in [5.74, 6) is 0.0441. The Kier molecular flexibility index (Phi) is 2.68. The van der Waals surface area contributed by atoms with Crippen LogP contribution in [0.1, 0.15) is 23.1 Å². The van der Waals surface area contributed by atoms with Crippen molar-refractivity contribution in [3.8, 4) is 5.75 Å². The lowest BCUT2D eigenvalue weighted by Crippen LogP contribution is -2.64. The highest BCUT2D eigenvalue weighted by Gasteiger charge is 2.64. The topological polar surface area (TPSA) is 32.7 Å². The van der Waals surface area contributed by atoms with Gasteiger partial charge in [0.25, 0.3) is 0 Å². The third-order valence-corrected chi connectivity index (χ3v) is 6.48. The van der Waals surface area contributed by atoms with Gasteiger partial charge in [-0.1, -0.05) is 18.2 Å². The molecule has 2 bridgehead atoms. The molecule has 5 atom stereocenters. The summed E-state index contributed by atoms with van der Waals surface area (Å²) in [6.07, 6.45) is -0.818. The number of aliphatic hydroxyl groups excluding tert-OH is 1. The highest BCUT2D eigenvalue weighted by atomic mass is 19.4. The first-order valence-electron chi connectivity index (χ1n) is 8.31. The van der Waals surface area contributed by atoms with Crippen molar-refractivity contribution in [3.05, 3.63) is 41.0 Å². The first kappa shape index (κ1) is 14.8. The van der Waals surface area contributed by atoms with Gasteiger partial charge in [0, 0.05) is 22.9 Å². The van der Waals surface area contributed by atoms with Gasteiger partial charge >= 0.3 is 6.18 Å². The maximum atomic E-state index is 13.5. The monoisotopic (exact) mass is 337 g/mol. The number of benzene rings is 1. The van der Waals surface area contributed by atoms with Crippen LogP contribution >= 0.6 is 0 Å². The van der Waals surface area contributed by atoms with E-state index in [4.69, 9.17) is 4.74 Å². The second-order valence-electron chi connectivity index (χ2n) is 7.46. The Morgan fingerprint density at radius 2 is 2.08 bits per heavy atom. The van der Waals surface area contributed by atoms with E-state index in [-0.39, 0.29) is 17.7 Å². The van der Waals surface area contributed by atoms with E-state index in [2.05, 4.69) is 11.9 Å². The second-order valence-corrected chi connectivity index (χ2v) is 7.46. The van der Waals surface area contributed by atoms with E-state index in [1.807, 2.05) is 6.08 Å². The Morgan fingerprint density at radius 3 is 2.83 bits per heavy atom. The van der Waals surface area contributed by atoms with Crippen LogP contribution in [-0.2, 0) is 18.0 Å². The van der Waals surface area contributed by atoms with Crippen molar-refractivity contribution in [2.45, 2.75) is 42.7 Å². The summed E-state index contributed by atoms with van der Waals surface area (Å²) < 4.78 is 46.3. The number of likely N-dealkylation sites (N-methyl/N-ethyl adjacent to an activating group) is 1. The summed E-state index contributed by atoms with van der Waals surface area (Å²) in [4.78, 5) is 2.29. The molecule has 24 heavy (non-hydrogen) atoms. The number of aliphatic hydroxyl groups is 1. The van der Waals surface area contributed by atoms with Crippen molar-refractivity contribution in [1.82, 2.24) is 4.90 Å². The van der Waals surface area contributed by atoms with Crippen LogP contribution < -0.4 is 4.74 Å². The first-order chi connectivity index (χ1) is 11.3. The van der Waals surface area contributed by atoms with E-state index in [1.54, 1.807) is 12.1 Å². The van der Waals surface area contributed by atoms with Crippen molar-refractivity contribution in [2.24, 2.45) is 5.92 Å². The molecule has 0 amide bonds. The molecule has 1 N–H and O–H groups in total. The fraction of sp³-hybridized carbons (Fsp3) is 0.556. The zero-order chi connectivity index (χ0) is 16.9. The summed E-state index contributed by atoms with van der Waals surface area (Å²) in [6.45, 7) is 0.802. The van der Waals surface area contributed by atoms with Crippen molar-refractivity contribution in [2.75, 3.05) is 13.6 Å². The van der Waals surface area contributed by atoms with Crippen LogP contribution in [-0.4, -0.2) is 41.8 Å². The predicted molar refractivity (Wildman–Crippen MR) is 80.9 cm³/mol. The van der Waals surface area contributed by atoms with E-state index in [0.29, 0.717) is 12.0 Å². The van der Waals surface area contributed by atoms with Crippen LogP contribution in [0.4, 0.5) is 13.2 Å². The van der Waals surface area contributed by atoms with Gasteiger partial charge in [-0.3, -0.25) is 0 Å². The molecule has 4 aliphatic rings. The number of hydrogen-bond donors (Lipinski definition) is 1. The summed E-state index contributed by atoms with van der Waals surface area (Å²) >= 11 is 0. The number of ether oxygens (including phenoxy) is 1. The summed E-state index contributed by atoms with van der Waals surface area (Å²) in [5.41, 5.74) is 0.402. The first-order valence-corrected chi connectivity index (χ1v) is 8.31. The molecule has 1 aromatic carbocycles. The van der Waals surface area contributed by atoms with E-state index < -0.39 is 29.4 Å². The summed E-state index contributed by atoms with van der Waals surface area (Å²) in [7, 11) is 2.07. The molecule has 2 heterocycles. The minimum Gasteiger partial charge on any atom is -0.485 e. The number of nitrogens with zero attached hydrogens (tertiary/aromatic N) is 1. The van der Waals surface area contributed by atoms with Gasteiger partial charge < -0.3 is 14.7 Å². The molecule has 0 aromatic heterocycles. The zero-order valence-corrected chi connectivity index (χ0v) is 13.2. The number of hydrogen-bond acceptors (Lipinski definition) is 3. The van der Waals surface area contributed by atoms with Gasteiger partial charge in [0.05, 0.1) is 5.56 Å². The fourth-order valence-electron chi connectivity index (χ4n) is 5.48. The van der Waals surface area contributed by atoms with Crippen molar-refractivity contribution >= 4 is 0 Å². The smallest absolute Gasteiger partial charge is 0.419 e. The quantitative estimate of drug-likeness (QED) is 0.739. The average Bonchev–Trinajstić information content (AvgIpc) is 2.86. The Hall–Kier alpha value is -1.53. The lowest BCUT2D eigenvalue weighted by molar-refractivity contribution is -0.139. The van der Waals surface area contributed by atoms with E-state index in [9.17, 15) is 18.3 Å². The Morgan fingerprint density at radius 1 is 1.29 bits per heavy atom. The highest BCUT2D eigenvalue weighted by Crippen LogP contribution is 2.62. The minimum atomic E-state index is -4.45. The van der Waals surface area contributed by atoms with Crippen LogP contribution in [0.3, 0.4) is 0 Å². The van der Waals surface area contributed by atoms with Crippen LogP contribution in [0.5, 0.6) is 5.75 Å². The molecule has 3 nitrogen and oxygen atoms in total. The van der Waals surface area contributed by atoms with Crippen molar-refractivity contribution in [1.29, 1.82) is 0 Å². The van der Waals surface area contributed by atoms with E-state index in [1.165, 1.54) is 0 Å². The molecule has 6 heteroatoms. The second kappa shape index (κ2) is 4.35. The third-order valence-electron chi connectivity index (χ3n) is 6.48. The number of likely N-dealkylation sites (tertiary alicyclic amines) is 1. The summed E-state index contributed by atoms with van der Waals surface area (Å²) in [5, 5.41) is 10.4. The number of piperidine rings is 1. The van der Waals surface area contributed by atoms with Crippen LogP contribution in [0, 0.1) is 5.92 Å². The van der Waals surface area contributed by atoms with Gasteiger partial charge in [-0.2, -0.15) is 13.2 Å². The molecule has 2 aliphatic carbocycles. The van der Waals surface area contributed by atoms with Gasteiger partial charge in [-0.05, 0) is 38.1 Å². The number of alkyl halides is 3. The molecule has 1 saturated heterocycles. The zero-order valence-electron chi connectivity index (χ0n) is 13.2. The molecular formula is C18H18F3NO2. The van der Waals surface area contributed by atoms with Crippen LogP contribution in [0.25, 0.3) is 0 Å². The van der Waals surface area contributed by atoms with Gasteiger partial charge in [0.2, 0.25) is 0 Å².